The summed E-state index contributed by atoms with van der Waals surface area (Å²) in [5, 5.41) is 4.45. The molecule has 2 aromatic rings. The predicted molar refractivity (Wildman–Crippen MR) is 112 cm³/mol. The zero-order chi connectivity index (χ0) is 20.9. The van der Waals surface area contributed by atoms with Gasteiger partial charge in [0.15, 0.2) is 0 Å². The van der Waals surface area contributed by atoms with E-state index in [1.165, 1.54) is 0 Å². The molecule has 0 radical (unpaired) electrons. The van der Waals surface area contributed by atoms with Crippen LogP contribution >= 0.6 is 11.6 Å². The summed E-state index contributed by atoms with van der Waals surface area (Å²) in [6.07, 6.45) is 3.80. The van der Waals surface area contributed by atoms with Gasteiger partial charge in [0.25, 0.3) is 0 Å². The van der Waals surface area contributed by atoms with Gasteiger partial charge >= 0.3 is 0 Å². The Morgan fingerprint density at radius 2 is 1.93 bits per heavy atom. The van der Waals surface area contributed by atoms with Crippen molar-refractivity contribution < 1.29 is 14.3 Å². The quantitative estimate of drug-likeness (QED) is 0.720. The molecule has 2 aliphatic rings. The summed E-state index contributed by atoms with van der Waals surface area (Å²) in [6.45, 7) is 8.59. The molecule has 0 aliphatic carbocycles. The van der Waals surface area contributed by atoms with E-state index >= 15 is 0 Å². The summed E-state index contributed by atoms with van der Waals surface area (Å²) in [4.78, 5) is 27.7. The van der Waals surface area contributed by atoms with Crippen LogP contribution in [0.1, 0.15) is 33.7 Å². The number of rotatable bonds is 3. The highest BCUT2D eigenvalue weighted by Gasteiger charge is 2.38. The van der Waals surface area contributed by atoms with E-state index in [1.807, 2.05) is 42.2 Å². The summed E-state index contributed by atoms with van der Waals surface area (Å²) < 4.78 is 7.15. The zero-order valence-corrected chi connectivity index (χ0v) is 17.8. The number of carbonyl (C=O) groups excluding carboxylic acids is 2. The van der Waals surface area contributed by atoms with Gasteiger partial charge in [-0.15, -0.1) is 11.6 Å². The SMILES string of the molecule is CC(=O)N1c2ccc(-c3cnn(C4COC4)c3)cc2N(C(=O)C(C)(C)Cl)C[C@@H]1C. The number of alkyl halides is 1. The lowest BCUT2D eigenvalue weighted by Crippen LogP contribution is -2.54. The molecular weight excluding hydrogens is 392 g/mol. The van der Waals surface area contributed by atoms with Crippen molar-refractivity contribution in [2.45, 2.75) is 44.7 Å². The normalized spacial score (nSPS) is 19.7. The number of hydrogen-bond acceptors (Lipinski definition) is 4. The van der Waals surface area contributed by atoms with Gasteiger partial charge < -0.3 is 14.5 Å². The third kappa shape index (κ3) is 3.53. The number of benzene rings is 1. The number of ether oxygens (including phenoxy) is 1. The van der Waals surface area contributed by atoms with Gasteiger partial charge in [-0.25, -0.2) is 0 Å². The Hall–Kier alpha value is -2.38. The molecule has 0 spiro atoms. The van der Waals surface area contributed by atoms with E-state index in [2.05, 4.69) is 5.10 Å². The van der Waals surface area contributed by atoms with Crippen LogP contribution in [0, 0.1) is 0 Å². The number of halogens is 1. The Labute approximate surface area is 175 Å². The molecule has 4 rings (SSSR count). The van der Waals surface area contributed by atoms with Gasteiger partial charge in [-0.2, -0.15) is 5.10 Å². The van der Waals surface area contributed by atoms with E-state index in [0.29, 0.717) is 31.1 Å². The second-order valence-electron chi connectivity index (χ2n) is 8.23. The van der Waals surface area contributed by atoms with Gasteiger partial charge in [0, 0.05) is 25.2 Å². The fourth-order valence-corrected chi connectivity index (χ4v) is 3.96. The van der Waals surface area contributed by atoms with Crippen LogP contribution in [0.3, 0.4) is 0 Å². The van der Waals surface area contributed by atoms with Crippen LogP contribution in [0.2, 0.25) is 0 Å². The van der Waals surface area contributed by atoms with Crippen molar-refractivity contribution in [2.75, 3.05) is 29.6 Å². The van der Waals surface area contributed by atoms with E-state index in [0.717, 1.165) is 11.1 Å². The largest absolute Gasteiger partial charge is 0.377 e. The smallest absolute Gasteiger partial charge is 0.247 e. The van der Waals surface area contributed by atoms with Crippen molar-refractivity contribution in [2.24, 2.45) is 0 Å². The predicted octanol–water partition coefficient (Wildman–Crippen LogP) is 3.23. The van der Waals surface area contributed by atoms with Crippen molar-refractivity contribution in [3.63, 3.8) is 0 Å². The van der Waals surface area contributed by atoms with Gasteiger partial charge in [0.05, 0.1) is 42.9 Å². The first-order valence-corrected chi connectivity index (χ1v) is 10.1. The Bertz CT molecular complexity index is 961. The highest BCUT2D eigenvalue weighted by atomic mass is 35.5. The number of nitrogens with zero attached hydrogens (tertiary/aromatic N) is 4. The van der Waals surface area contributed by atoms with E-state index in [1.54, 1.807) is 30.6 Å². The molecule has 0 saturated carbocycles. The monoisotopic (exact) mass is 416 g/mol. The van der Waals surface area contributed by atoms with Crippen molar-refractivity contribution >= 4 is 34.8 Å². The number of anilines is 2. The van der Waals surface area contributed by atoms with Crippen LogP contribution in [0.5, 0.6) is 0 Å². The minimum absolute atomic E-state index is 0.0541. The molecule has 1 aromatic carbocycles. The molecule has 1 atom stereocenters. The topological polar surface area (TPSA) is 67.7 Å². The van der Waals surface area contributed by atoms with Crippen molar-refractivity contribution in [3.05, 3.63) is 30.6 Å². The molecular formula is C21H25ClN4O3. The standard InChI is InChI=1S/C21H25ClN4O3/c1-13-9-24(20(28)21(3,4)22)19-7-15(5-6-18(19)26(13)14(2)27)16-8-23-25(10-16)17-11-29-12-17/h5-8,10,13,17H,9,11-12H2,1-4H3/t13-/m0/s1. The maximum absolute atomic E-state index is 13.1. The lowest BCUT2D eigenvalue weighted by molar-refractivity contribution is -0.121. The third-order valence-corrected chi connectivity index (χ3v) is 5.60. The molecule has 154 valence electrons. The van der Waals surface area contributed by atoms with Crippen LogP contribution in [0.15, 0.2) is 30.6 Å². The highest BCUT2D eigenvalue weighted by Crippen LogP contribution is 2.40. The van der Waals surface area contributed by atoms with Gasteiger partial charge in [-0.3, -0.25) is 14.3 Å². The first-order chi connectivity index (χ1) is 13.7. The van der Waals surface area contributed by atoms with E-state index in [9.17, 15) is 9.59 Å². The molecule has 0 bridgehead atoms. The summed E-state index contributed by atoms with van der Waals surface area (Å²) in [6, 6.07) is 5.92. The average Bonchev–Trinajstić information content (AvgIpc) is 3.06. The van der Waals surface area contributed by atoms with Crippen LogP contribution in [0.4, 0.5) is 11.4 Å². The van der Waals surface area contributed by atoms with Crippen molar-refractivity contribution in [1.29, 1.82) is 0 Å². The summed E-state index contributed by atoms with van der Waals surface area (Å²) >= 11 is 6.35. The number of carbonyl (C=O) groups is 2. The van der Waals surface area contributed by atoms with Crippen LogP contribution in [0.25, 0.3) is 11.1 Å². The summed E-state index contributed by atoms with van der Waals surface area (Å²) in [5.74, 6) is -0.239. The first-order valence-electron chi connectivity index (χ1n) is 9.74. The first kappa shape index (κ1) is 19.9. The fourth-order valence-electron chi connectivity index (χ4n) is 3.86. The number of amides is 2. The van der Waals surface area contributed by atoms with Gasteiger partial charge in [-0.05, 0) is 38.5 Å². The van der Waals surface area contributed by atoms with Gasteiger partial charge in [0.1, 0.15) is 4.87 Å². The molecule has 29 heavy (non-hydrogen) atoms. The fraction of sp³-hybridized carbons (Fsp3) is 0.476. The molecule has 1 aromatic heterocycles. The minimum atomic E-state index is -1.04. The number of aromatic nitrogens is 2. The molecule has 8 heteroatoms. The maximum atomic E-state index is 13.1. The number of fused-ring (bicyclic) bond motifs is 1. The molecule has 1 saturated heterocycles. The second kappa shape index (κ2) is 7.15. The highest BCUT2D eigenvalue weighted by molar-refractivity contribution is 6.36. The van der Waals surface area contributed by atoms with Gasteiger partial charge in [0.2, 0.25) is 11.8 Å². The second-order valence-corrected chi connectivity index (χ2v) is 9.17. The summed E-state index contributed by atoms with van der Waals surface area (Å²) in [5.41, 5.74) is 3.28. The lowest BCUT2D eigenvalue weighted by atomic mass is 10.0. The average molecular weight is 417 g/mol. The van der Waals surface area contributed by atoms with Crippen LogP contribution in [-0.2, 0) is 14.3 Å². The lowest BCUT2D eigenvalue weighted by Gasteiger charge is -2.42. The molecule has 7 nitrogen and oxygen atoms in total. The van der Waals surface area contributed by atoms with Gasteiger partial charge in [-0.1, -0.05) is 6.07 Å². The van der Waals surface area contributed by atoms with E-state index in [4.69, 9.17) is 16.3 Å². The van der Waals surface area contributed by atoms with Crippen LogP contribution in [-0.4, -0.2) is 52.3 Å². The maximum Gasteiger partial charge on any atom is 0.247 e. The van der Waals surface area contributed by atoms with Crippen molar-refractivity contribution in [3.8, 4) is 11.1 Å². The molecule has 2 aliphatic heterocycles. The van der Waals surface area contributed by atoms with E-state index < -0.39 is 4.87 Å². The number of hydrogen-bond donors (Lipinski definition) is 0. The Morgan fingerprint density at radius 3 is 2.52 bits per heavy atom. The zero-order valence-electron chi connectivity index (χ0n) is 17.1. The minimum Gasteiger partial charge on any atom is -0.377 e. The Kier molecular flexibility index (Phi) is 4.91. The Morgan fingerprint density at radius 1 is 1.21 bits per heavy atom. The molecule has 3 heterocycles. The Balaban J connectivity index is 1.78. The molecule has 0 unspecified atom stereocenters. The molecule has 1 fully saturated rings. The molecule has 2 amide bonds. The summed E-state index contributed by atoms with van der Waals surface area (Å²) in [7, 11) is 0. The third-order valence-electron chi connectivity index (χ3n) is 5.44. The van der Waals surface area contributed by atoms with Crippen molar-refractivity contribution in [1.82, 2.24) is 9.78 Å². The van der Waals surface area contributed by atoms with E-state index in [-0.39, 0.29) is 23.9 Å². The molecule has 0 N–H and O–H groups in total. The van der Waals surface area contributed by atoms with Crippen LogP contribution < -0.4 is 9.80 Å².